The van der Waals surface area contributed by atoms with Crippen LogP contribution in [0, 0.1) is 0 Å². The Balaban J connectivity index is 1.63. The van der Waals surface area contributed by atoms with E-state index in [0.717, 1.165) is 4.80 Å². The lowest BCUT2D eigenvalue weighted by Gasteiger charge is -2.02. The Morgan fingerprint density at radius 3 is 2.78 bits per heavy atom. The molecule has 0 fully saturated rings. The van der Waals surface area contributed by atoms with Crippen LogP contribution < -0.4 is 5.43 Å². The number of hydrogen-bond donors (Lipinski definition) is 2. The van der Waals surface area contributed by atoms with Crippen LogP contribution in [0.1, 0.15) is 5.56 Å². The summed E-state index contributed by atoms with van der Waals surface area (Å²) >= 11 is 17.7. The summed E-state index contributed by atoms with van der Waals surface area (Å²) in [6.45, 7) is -0.211. The first kappa shape index (κ1) is 19.1. The Bertz CT molecular complexity index is 1020. The topological polar surface area (TPSA) is 105 Å². The lowest BCUT2D eigenvalue weighted by molar-refractivity contribution is -0.122. The van der Waals surface area contributed by atoms with Crippen LogP contribution in [0.15, 0.2) is 41.5 Å². The van der Waals surface area contributed by atoms with E-state index in [9.17, 15) is 9.90 Å². The van der Waals surface area contributed by atoms with Gasteiger partial charge in [-0.1, -0.05) is 46.9 Å². The standard InChI is InChI=1S/C16H11Cl3N6O2/c17-10-5-9(15(27)13(19)6-10)7-20-21-14(26)8-25-23-16(22-24-25)11-3-1-2-4-12(11)18/h1-7,27H,8H2,(H,21,26)/b20-7+. The molecule has 1 heterocycles. The number of rotatable bonds is 5. The van der Waals surface area contributed by atoms with Gasteiger partial charge in [0.1, 0.15) is 12.3 Å². The van der Waals surface area contributed by atoms with Crippen molar-refractivity contribution in [2.45, 2.75) is 6.54 Å². The van der Waals surface area contributed by atoms with Crippen molar-refractivity contribution in [3.8, 4) is 17.1 Å². The molecule has 0 bridgehead atoms. The first-order valence-corrected chi connectivity index (χ1v) is 8.60. The number of aromatic nitrogens is 4. The molecule has 2 N–H and O–H groups in total. The summed E-state index contributed by atoms with van der Waals surface area (Å²) in [6.07, 6.45) is 1.22. The van der Waals surface area contributed by atoms with Crippen molar-refractivity contribution in [2.24, 2.45) is 5.10 Å². The van der Waals surface area contributed by atoms with E-state index in [-0.39, 0.29) is 22.9 Å². The maximum Gasteiger partial charge on any atom is 0.263 e. The monoisotopic (exact) mass is 424 g/mol. The highest BCUT2D eigenvalue weighted by Crippen LogP contribution is 2.29. The molecule has 8 nitrogen and oxygen atoms in total. The number of aromatic hydroxyl groups is 1. The Hall–Kier alpha value is -2.68. The lowest BCUT2D eigenvalue weighted by atomic mass is 10.2. The first-order valence-electron chi connectivity index (χ1n) is 7.46. The van der Waals surface area contributed by atoms with Gasteiger partial charge in [-0.15, -0.1) is 10.2 Å². The van der Waals surface area contributed by atoms with Crippen LogP contribution in [0.5, 0.6) is 5.75 Å². The first-order chi connectivity index (χ1) is 12.9. The van der Waals surface area contributed by atoms with Crippen molar-refractivity contribution < 1.29 is 9.90 Å². The van der Waals surface area contributed by atoms with Crippen LogP contribution in [0.25, 0.3) is 11.4 Å². The summed E-state index contributed by atoms with van der Waals surface area (Å²) in [5, 5.41) is 26.2. The molecule has 3 rings (SSSR count). The maximum absolute atomic E-state index is 11.9. The molecule has 1 amide bonds. The van der Waals surface area contributed by atoms with Crippen LogP contribution in [0.2, 0.25) is 15.1 Å². The van der Waals surface area contributed by atoms with Gasteiger partial charge in [-0.2, -0.15) is 9.90 Å². The van der Waals surface area contributed by atoms with E-state index in [0.29, 0.717) is 21.4 Å². The summed E-state index contributed by atoms with van der Waals surface area (Å²) in [7, 11) is 0. The molecule has 11 heteroatoms. The number of hydrogen-bond acceptors (Lipinski definition) is 6. The number of phenols is 1. The molecule has 0 aliphatic carbocycles. The average molecular weight is 426 g/mol. The molecule has 0 unspecified atom stereocenters. The van der Waals surface area contributed by atoms with Gasteiger partial charge < -0.3 is 5.11 Å². The average Bonchev–Trinajstić information content (AvgIpc) is 3.07. The molecule has 0 saturated heterocycles. The Labute approximate surface area is 168 Å². The Morgan fingerprint density at radius 2 is 2.00 bits per heavy atom. The van der Waals surface area contributed by atoms with E-state index in [1.807, 2.05) is 0 Å². The minimum atomic E-state index is -0.498. The zero-order valence-electron chi connectivity index (χ0n) is 13.5. The zero-order valence-corrected chi connectivity index (χ0v) is 15.7. The van der Waals surface area contributed by atoms with E-state index in [1.54, 1.807) is 24.3 Å². The van der Waals surface area contributed by atoms with Gasteiger partial charge in [-0.3, -0.25) is 4.79 Å². The van der Waals surface area contributed by atoms with Crippen LogP contribution in [-0.2, 0) is 11.3 Å². The molecule has 138 valence electrons. The molecule has 0 radical (unpaired) electrons. The number of nitrogens with zero attached hydrogens (tertiary/aromatic N) is 5. The fraction of sp³-hybridized carbons (Fsp3) is 0.0625. The summed E-state index contributed by atoms with van der Waals surface area (Å²) in [6, 6.07) is 9.87. The summed E-state index contributed by atoms with van der Waals surface area (Å²) < 4.78 is 0. The highest BCUT2D eigenvalue weighted by atomic mass is 35.5. The lowest BCUT2D eigenvalue weighted by Crippen LogP contribution is -2.24. The molecule has 3 aromatic rings. The number of nitrogens with one attached hydrogen (secondary N) is 1. The fourth-order valence-corrected chi connectivity index (χ4v) is 2.81. The second-order valence-electron chi connectivity index (χ2n) is 5.24. The summed E-state index contributed by atoms with van der Waals surface area (Å²) in [4.78, 5) is 13.0. The van der Waals surface area contributed by atoms with Gasteiger partial charge in [0.05, 0.1) is 16.3 Å². The Morgan fingerprint density at radius 1 is 1.22 bits per heavy atom. The van der Waals surface area contributed by atoms with Crippen molar-refractivity contribution in [1.29, 1.82) is 0 Å². The van der Waals surface area contributed by atoms with Crippen molar-refractivity contribution in [1.82, 2.24) is 25.6 Å². The predicted octanol–water partition coefficient (Wildman–Crippen LogP) is 3.16. The van der Waals surface area contributed by atoms with Crippen LogP contribution in [0.4, 0.5) is 0 Å². The molecule has 2 aromatic carbocycles. The van der Waals surface area contributed by atoms with E-state index in [2.05, 4.69) is 25.9 Å². The highest BCUT2D eigenvalue weighted by Gasteiger charge is 2.11. The summed E-state index contributed by atoms with van der Waals surface area (Å²) in [5.74, 6) is -0.390. The number of halogens is 3. The van der Waals surface area contributed by atoms with Gasteiger partial charge in [0, 0.05) is 16.1 Å². The molecule has 0 aliphatic heterocycles. The van der Waals surface area contributed by atoms with Crippen LogP contribution in [-0.4, -0.2) is 37.4 Å². The number of phenolic OH excluding ortho intramolecular Hbond substituents is 1. The largest absolute Gasteiger partial charge is 0.506 e. The number of carbonyl (C=O) groups excluding carboxylic acids is 1. The smallest absolute Gasteiger partial charge is 0.263 e. The predicted molar refractivity (Wildman–Crippen MR) is 102 cm³/mol. The second kappa shape index (κ2) is 8.34. The molecule has 27 heavy (non-hydrogen) atoms. The van der Waals surface area contributed by atoms with Crippen molar-refractivity contribution in [3.63, 3.8) is 0 Å². The van der Waals surface area contributed by atoms with Crippen LogP contribution >= 0.6 is 34.8 Å². The van der Waals surface area contributed by atoms with E-state index in [4.69, 9.17) is 34.8 Å². The molecule has 0 aliphatic rings. The number of amides is 1. The molecule has 0 spiro atoms. The highest BCUT2D eigenvalue weighted by molar-refractivity contribution is 6.36. The van der Waals surface area contributed by atoms with Crippen molar-refractivity contribution in [2.75, 3.05) is 0 Å². The van der Waals surface area contributed by atoms with E-state index in [1.165, 1.54) is 18.3 Å². The third-order valence-electron chi connectivity index (χ3n) is 3.30. The van der Waals surface area contributed by atoms with Gasteiger partial charge in [0.15, 0.2) is 0 Å². The second-order valence-corrected chi connectivity index (χ2v) is 6.49. The number of tetrazole rings is 1. The SMILES string of the molecule is O=C(Cn1nnc(-c2ccccc2Cl)n1)N/N=C/c1cc(Cl)cc(Cl)c1O. The van der Waals surface area contributed by atoms with E-state index >= 15 is 0 Å². The third-order valence-corrected chi connectivity index (χ3v) is 4.14. The number of benzene rings is 2. The fourth-order valence-electron chi connectivity index (χ4n) is 2.08. The van der Waals surface area contributed by atoms with Gasteiger partial charge in [-0.05, 0) is 29.5 Å². The van der Waals surface area contributed by atoms with Crippen molar-refractivity contribution >= 4 is 46.9 Å². The number of hydrazone groups is 1. The van der Waals surface area contributed by atoms with Gasteiger partial charge in [0.2, 0.25) is 5.82 Å². The minimum absolute atomic E-state index is 0.0780. The molecule has 0 saturated carbocycles. The maximum atomic E-state index is 11.9. The zero-order chi connectivity index (χ0) is 19.4. The van der Waals surface area contributed by atoms with Gasteiger partial charge >= 0.3 is 0 Å². The van der Waals surface area contributed by atoms with Crippen molar-refractivity contribution in [3.05, 3.63) is 57.0 Å². The molecular formula is C16H11Cl3N6O2. The van der Waals surface area contributed by atoms with E-state index < -0.39 is 5.91 Å². The summed E-state index contributed by atoms with van der Waals surface area (Å²) in [5.41, 5.74) is 3.15. The Kier molecular flexibility index (Phi) is 5.90. The quantitative estimate of drug-likeness (QED) is 0.482. The molecule has 0 atom stereocenters. The van der Waals surface area contributed by atoms with Gasteiger partial charge in [0.25, 0.3) is 5.91 Å². The van der Waals surface area contributed by atoms with Crippen LogP contribution in [0.3, 0.4) is 0 Å². The molecule has 1 aromatic heterocycles. The minimum Gasteiger partial charge on any atom is -0.506 e. The van der Waals surface area contributed by atoms with Gasteiger partial charge in [-0.25, -0.2) is 5.43 Å². The third kappa shape index (κ3) is 4.73. The number of carbonyl (C=O) groups is 1. The normalized spacial score (nSPS) is 11.1. The molecular weight excluding hydrogens is 415 g/mol.